The Hall–Kier alpha value is -2.64. The summed E-state index contributed by atoms with van der Waals surface area (Å²) in [6.07, 6.45) is 1.06. The first-order chi connectivity index (χ1) is 9.02. The molecular weight excluding hydrogens is 255 g/mol. The Kier molecular flexibility index (Phi) is 3.32. The summed E-state index contributed by atoms with van der Waals surface area (Å²) in [5, 5.41) is 14.4. The summed E-state index contributed by atoms with van der Waals surface area (Å²) in [6.45, 7) is 0.139. The van der Waals surface area contributed by atoms with E-state index in [0.29, 0.717) is 5.56 Å². The highest BCUT2D eigenvalue weighted by Gasteiger charge is 2.17. The van der Waals surface area contributed by atoms with Gasteiger partial charge in [0.15, 0.2) is 11.6 Å². The average molecular weight is 266 g/mol. The molecule has 0 spiro atoms. The van der Waals surface area contributed by atoms with Gasteiger partial charge in [0.25, 0.3) is 0 Å². The van der Waals surface area contributed by atoms with Gasteiger partial charge in [-0.3, -0.25) is 10.1 Å². The Morgan fingerprint density at radius 2 is 2.32 bits per heavy atom. The van der Waals surface area contributed by atoms with Gasteiger partial charge >= 0.3 is 5.69 Å². The molecule has 2 N–H and O–H groups in total. The molecule has 1 aromatic heterocycles. The second-order valence-corrected chi connectivity index (χ2v) is 3.80. The predicted molar refractivity (Wildman–Crippen MR) is 65.3 cm³/mol. The fourth-order valence-electron chi connectivity index (χ4n) is 1.63. The number of benzene rings is 1. The molecule has 0 unspecified atom stereocenters. The molecule has 2 rings (SSSR count). The molecule has 0 aliphatic carbocycles. The number of methoxy groups -OCH3 is 1. The van der Waals surface area contributed by atoms with Crippen molar-refractivity contribution in [2.75, 3.05) is 12.8 Å². The number of nitrogen functional groups attached to an aromatic ring is 1. The Labute approximate surface area is 107 Å². The van der Waals surface area contributed by atoms with E-state index < -0.39 is 10.7 Å². The SMILES string of the molecule is COc1ccc(Cn2ncc([N+](=O)[O-])c2N)cc1F. The van der Waals surface area contributed by atoms with Crippen molar-refractivity contribution in [2.45, 2.75) is 6.54 Å². The van der Waals surface area contributed by atoms with E-state index in [1.807, 2.05) is 0 Å². The number of aromatic nitrogens is 2. The van der Waals surface area contributed by atoms with Crippen molar-refractivity contribution < 1.29 is 14.1 Å². The Morgan fingerprint density at radius 3 is 2.84 bits per heavy atom. The van der Waals surface area contributed by atoms with Crippen LogP contribution in [0.15, 0.2) is 24.4 Å². The van der Waals surface area contributed by atoms with Crippen molar-refractivity contribution in [1.82, 2.24) is 9.78 Å². The summed E-state index contributed by atoms with van der Waals surface area (Å²) in [6, 6.07) is 4.37. The maximum Gasteiger partial charge on any atom is 0.330 e. The predicted octanol–water partition coefficient (Wildman–Crippen LogP) is 1.57. The lowest BCUT2D eigenvalue weighted by molar-refractivity contribution is -0.384. The summed E-state index contributed by atoms with van der Waals surface area (Å²) in [7, 11) is 1.37. The molecule has 2 aromatic rings. The number of halogens is 1. The maximum absolute atomic E-state index is 13.5. The lowest BCUT2D eigenvalue weighted by atomic mass is 10.2. The van der Waals surface area contributed by atoms with E-state index in [-0.39, 0.29) is 23.8 Å². The van der Waals surface area contributed by atoms with Gasteiger partial charge in [0.1, 0.15) is 6.20 Å². The minimum atomic E-state index is -0.618. The van der Waals surface area contributed by atoms with Crippen LogP contribution in [0.2, 0.25) is 0 Å². The third kappa shape index (κ3) is 2.46. The fraction of sp³-hybridized carbons (Fsp3) is 0.182. The van der Waals surface area contributed by atoms with Gasteiger partial charge in [-0.15, -0.1) is 0 Å². The van der Waals surface area contributed by atoms with E-state index in [2.05, 4.69) is 5.10 Å². The van der Waals surface area contributed by atoms with Gasteiger partial charge in [-0.05, 0) is 17.7 Å². The molecule has 1 aromatic carbocycles. The van der Waals surface area contributed by atoms with Crippen LogP contribution in [-0.2, 0) is 6.54 Å². The minimum absolute atomic E-state index is 0.0683. The van der Waals surface area contributed by atoms with Crippen LogP contribution >= 0.6 is 0 Å². The van der Waals surface area contributed by atoms with Gasteiger partial charge in [-0.25, -0.2) is 9.07 Å². The standard InChI is InChI=1S/C11H11FN4O3/c1-19-10-3-2-7(4-8(10)12)6-15-11(13)9(5-14-15)16(17)18/h2-5H,6,13H2,1H3. The van der Waals surface area contributed by atoms with Crippen LogP contribution < -0.4 is 10.5 Å². The molecule has 0 aliphatic rings. The van der Waals surface area contributed by atoms with E-state index in [4.69, 9.17) is 10.5 Å². The van der Waals surface area contributed by atoms with Crippen molar-refractivity contribution in [3.05, 3.63) is 45.9 Å². The Bertz CT molecular complexity index is 626. The largest absolute Gasteiger partial charge is 0.494 e. The summed E-state index contributed by atoms with van der Waals surface area (Å²) in [5.74, 6) is -0.454. The normalized spacial score (nSPS) is 10.4. The summed E-state index contributed by atoms with van der Waals surface area (Å²) >= 11 is 0. The molecule has 1 heterocycles. The average Bonchev–Trinajstić information content (AvgIpc) is 2.71. The van der Waals surface area contributed by atoms with Gasteiger partial charge in [-0.1, -0.05) is 6.07 Å². The summed E-state index contributed by atoms with van der Waals surface area (Å²) < 4.78 is 19.5. The zero-order valence-electron chi connectivity index (χ0n) is 10.0. The summed E-state index contributed by atoms with van der Waals surface area (Å²) in [4.78, 5) is 10.0. The molecule has 7 nitrogen and oxygen atoms in total. The molecule has 0 atom stereocenters. The number of nitrogens with zero attached hydrogens (tertiary/aromatic N) is 3. The third-order valence-corrected chi connectivity index (χ3v) is 2.61. The lowest BCUT2D eigenvalue weighted by Gasteiger charge is -2.06. The lowest BCUT2D eigenvalue weighted by Crippen LogP contribution is -2.07. The molecule has 0 bridgehead atoms. The number of hydrogen-bond acceptors (Lipinski definition) is 5. The van der Waals surface area contributed by atoms with Crippen LogP contribution in [-0.4, -0.2) is 21.8 Å². The van der Waals surface area contributed by atoms with Crippen LogP contribution in [0.4, 0.5) is 15.9 Å². The molecule has 8 heteroatoms. The van der Waals surface area contributed by atoms with Crippen LogP contribution in [0, 0.1) is 15.9 Å². The first-order valence-electron chi connectivity index (χ1n) is 5.31. The van der Waals surface area contributed by atoms with E-state index in [9.17, 15) is 14.5 Å². The molecule has 0 saturated heterocycles. The maximum atomic E-state index is 13.5. The smallest absolute Gasteiger partial charge is 0.330 e. The van der Waals surface area contributed by atoms with Gasteiger partial charge in [0.05, 0.1) is 18.6 Å². The van der Waals surface area contributed by atoms with Crippen molar-refractivity contribution in [3.8, 4) is 5.75 Å². The van der Waals surface area contributed by atoms with Crippen LogP contribution in [0.3, 0.4) is 0 Å². The second-order valence-electron chi connectivity index (χ2n) is 3.80. The fourth-order valence-corrected chi connectivity index (χ4v) is 1.63. The van der Waals surface area contributed by atoms with E-state index in [0.717, 1.165) is 6.20 Å². The summed E-state index contributed by atoms with van der Waals surface area (Å²) in [5.41, 5.74) is 5.89. The first kappa shape index (κ1) is 12.8. The monoisotopic (exact) mass is 266 g/mol. The molecule has 100 valence electrons. The molecule has 0 radical (unpaired) electrons. The molecule has 0 saturated carbocycles. The van der Waals surface area contributed by atoms with Crippen molar-refractivity contribution in [1.29, 1.82) is 0 Å². The van der Waals surface area contributed by atoms with Gasteiger partial charge in [0, 0.05) is 0 Å². The van der Waals surface area contributed by atoms with Crippen molar-refractivity contribution in [3.63, 3.8) is 0 Å². The van der Waals surface area contributed by atoms with E-state index in [1.54, 1.807) is 6.07 Å². The van der Waals surface area contributed by atoms with Crippen LogP contribution in [0.25, 0.3) is 0 Å². The van der Waals surface area contributed by atoms with Gasteiger partial charge in [-0.2, -0.15) is 5.10 Å². The van der Waals surface area contributed by atoms with E-state index >= 15 is 0 Å². The molecule has 0 fully saturated rings. The Balaban J connectivity index is 2.26. The number of nitro groups is 1. The molecular formula is C11H11FN4O3. The number of nitrogens with two attached hydrogens (primary N) is 1. The zero-order chi connectivity index (χ0) is 14.0. The first-order valence-corrected chi connectivity index (χ1v) is 5.31. The van der Waals surface area contributed by atoms with Gasteiger partial charge in [0.2, 0.25) is 5.82 Å². The van der Waals surface area contributed by atoms with Crippen molar-refractivity contribution in [2.24, 2.45) is 0 Å². The highest BCUT2D eigenvalue weighted by atomic mass is 19.1. The molecule has 0 aliphatic heterocycles. The second kappa shape index (κ2) is 4.92. The van der Waals surface area contributed by atoms with Crippen LogP contribution in [0.5, 0.6) is 5.75 Å². The van der Waals surface area contributed by atoms with E-state index in [1.165, 1.54) is 23.9 Å². The highest BCUT2D eigenvalue weighted by molar-refractivity contribution is 5.51. The Morgan fingerprint density at radius 1 is 1.58 bits per heavy atom. The molecule has 19 heavy (non-hydrogen) atoms. The highest BCUT2D eigenvalue weighted by Crippen LogP contribution is 2.22. The van der Waals surface area contributed by atoms with Crippen molar-refractivity contribution >= 4 is 11.5 Å². The van der Waals surface area contributed by atoms with Gasteiger partial charge < -0.3 is 10.5 Å². The number of hydrogen-bond donors (Lipinski definition) is 1. The molecule has 0 amide bonds. The minimum Gasteiger partial charge on any atom is -0.494 e. The zero-order valence-corrected chi connectivity index (χ0v) is 10.0. The number of anilines is 1. The number of rotatable bonds is 4. The third-order valence-electron chi connectivity index (χ3n) is 2.61. The number of ether oxygens (including phenoxy) is 1. The van der Waals surface area contributed by atoms with Crippen LogP contribution in [0.1, 0.15) is 5.56 Å². The quantitative estimate of drug-likeness (QED) is 0.669. The topological polar surface area (TPSA) is 96.2 Å².